The SMILES string of the molecule is CCn1cccc1CNc1cccc(NC(=O)OC(C)(C)C)c1. The van der Waals surface area contributed by atoms with Gasteiger partial charge < -0.3 is 14.6 Å². The molecule has 1 aromatic carbocycles. The van der Waals surface area contributed by atoms with E-state index in [2.05, 4.69) is 34.4 Å². The number of aromatic nitrogens is 1. The highest BCUT2D eigenvalue weighted by atomic mass is 16.6. The Kier molecular flexibility index (Phi) is 5.32. The van der Waals surface area contributed by atoms with Gasteiger partial charge in [-0.1, -0.05) is 6.07 Å². The summed E-state index contributed by atoms with van der Waals surface area (Å²) in [4.78, 5) is 11.8. The lowest BCUT2D eigenvalue weighted by Crippen LogP contribution is -2.27. The van der Waals surface area contributed by atoms with Gasteiger partial charge in [-0.3, -0.25) is 5.32 Å². The Hall–Kier alpha value is -2.43. The van der Waals surface area contributed by atoms with E-state index in [1.54, 1.807) is 0 Å². The summed E-state index contributed by atoms with van der Waals surface area (Å²) in [5.41, 5.74) is 2.36. The zero-order chi connectivity index (χ0) is 16.9. The van der Waals surface area contributed by atoms with Gasteiger partial charge in [-0.05, 0) is 58.0 Å². The molecule has 0 aliphatic carbocycles. The molecule has 2 rings (SSSR count). The maximum absolute atomic E-state index is 11.8. The molecular formula is C18H25N3O2. The fourth-order valence-electron chi connectivity index (χ4n) is 2.24. The maximum Gasteiger partial charge on any atom is 0.412 e. The molecule has 0 aliphatic rings. The molecule has 0 saturated heterocycles. The Morgan fingerprint density at radius 2 is 1.91 bits per heavy atom. The van der Waals surface area contributed by atoms with E-state index in [9.17, 15) is 4.79 Å². The first-order chi connectivity index (χ1) is 10.9. The quantitative estimate of drug-likeness (QED) is 0.856. The summed E-state index contributed by atoms with van der Waals surface area (Å²) in [5.74, 6) is 0. The number of carbonyl (C=O) groups excluding carboxylic acids is 1. The molecule has 0 bridgehead atoms. The van der Waals surface area contributed by atoms with Crippen molar-refractivity contribution >= 4 is 17.5 Å². The summed E-state index contributed by atoms with van der Waals surface area (Å²) in [6.07, 6.45) is 1.62. The Bertz CT molecular complexity index is 656. The number of nitrogens with zero attached hydrogens (tertiary/aromatic N) is 1. The predicted octanol–water partition coefficient (Wildman–Crippen LogP) is 4.47. The molecule has 0 atom stereocenters. The second-order valence-electron chi connectivity index (χ2n) is 6.35. The highest BCUT2D eigenvalue weighted by Crippen LogP contribution is 2.17. The van der Waals surface area contributed by atoms with Crippen molar-refractivity contribution in [3.63, 3.8) is 0 Å². The van der Waals surface area contributed by atoms with Crippen LogP contribution in [0.25, 0.3) is 0 Å². The smallest absolute Gasteiger partial charge is 0.412 e. The van der Waals surface area contributed by atoms with E-state index >= 15 is 0 Å². The number of benzene rings is 1. The van der Waals surface area contributed by atoms with E-state index in [-0.39, 0.29) is 0 Å². The molecule has 2 N–H and O–H groups in total. The predicted molar refractivity (Wildman–Crippen MR) is 93.7 cm³/mol. The number of amides is 1. The molecule has 5 nitrogen and oxygen atoms in total. The number of hydrogen-bond donors (Lipinski definition) is 2. The summed E-state index contributed by atoms with van der Waals surface area (Å²) in [7, 11) is 0. The number of anilines is 2. The molecule has 0 aliphatic heterocycles. The average Bonchev–Trinajstić information content (AvgIpc) is 2.90. The number of rotatable bonds is 5. The minimum absolute atomic E-state index is 0.450. The molecule has 1 aromatic heterocycles. The molecule has 2 aromatic rings. The normalized spacial score (nSPS) is 11.1. The zero-order valence-corrected chi connectivity index (χ0v) is 14.2. The minimum atomic E-state index is -0.508. The van der Waals surface area contributed by atoms with Crippen molar-refractivity contribution < 1.29 is 9.53 Å². The topological polar surface area (TPSA) is 55.3 Å². The van der Waals surface area contributed by atoms with Crippen LogP contribution >= 0.6 is 0 Å². The maximum atomic E-state index is 11.8. The van der Waals surface area contributed by atoms with Gasteiger partial charge in [-0.15, -0.1) is 0 Å². The summed E-state index contributed by atoms with van der Waals surface area (Å²) in [6, 6.07) is 11.7. The van der Waals surface area contributed by atoms with Crippen molar-refractivity contribution in [2.24, 2.45) is 0 Å². The van der Waals surface area contributed by atoms with Crippen LogP contribution in [0.1, 0.15) is 33.4 Å². The van der Waals surface area contributed by atoms with Crippen LogP contribution in [0.3, 0.4) is 0 Å². The van der Waals surface area contributed by atoms with Crippen LogP contribution in [0, 0.1) is 0 Å². The third-order valence-electron chi connectivity index (χ3n) is 3.25. The summed E-state index contributed by atoms with van der Waals surface area (Å²) >= 11 is 0. The van der Waals surface area contributed by atoms with Crippen LogP contribution in [-0.2, 0) is 17.8 Å². The van der Waals surface area contributed by atoms with Crippen molar-refractivity contribution in [2.75, 3.05) is 10.6 Å². The van der Waals surface area contributed by atoms with Crippen LogP contribution in [0.4, 0.5) is 16.2 Å². The van der Waals surface area contributed by atoms with Gasteiger partial charge in [-0.25, -0.2) is 4.79 Å². The molecule has 5 heteroatoms. The molecule has 124 valence electrons. The van der Waals surface area contributed by atoms with Crippen LogP contribution in [0.5, 0.6) is 0 Å². The van der Waals surface area contributed by atoms with E-state index < -0.39 is 11.7 Å². The first kappa shape index (κ1) is 16.9. The Morgan fingerprint density at radius 1 is 1.17 bits per heavy atom. The molecule has 0 unspecified atom stereocenters. The highest BCUT2D eigenvalue weighted by molar-refractivity contribution is 5.85. The number of hydrogen-bond acceptors (Lipinski definition) is 3. The molecule has 0 saturated carbocycles. The lowest BCUT2D eigenvalue weighted by atomic mass is 10.2. The van der Waals surface area contributed by atoms with Gasteiger partial charge in [0.2, 0.25) is 0 Å². The Morgan fingerprint density at radius 3 is 2.61 bits per heavy atom. The van der Waals surface area contributed by atoms with Crippen LogP contribution in [0.2, 0.25) is 0 Å². The Balaban J connectivity index is 1.96. The van der Waals surface area contributed by atoms with Crippen molar-refractivity contribution in [1.29, 1.82) is 0 Å². The first-order valence-electron chi connectivity index (χ1n) is 7.85. The van der Waals surface area contributed by atoms with Crippen LogP contribution in [-0.4, -0.2) is 16.3 Å². The molecule has 23 heavy (non-hydrogen) atoms. The molecule has 0 fully saturated rings. The van der Waals surface area contributed by atoms with Gasteiger partial charge in [-0.2, -0.15) is 0 Å². The Labute approximate surface area is 137 Å². The highest BCUT2D eigenvalue weighted by Gasteiger charge is 2.16. The van der Waals surface area contributed by atoms with E-state index in [4.69, 9.17) is 4.74 Å². The monoisotopic (exact) mass is 315 g/mol. The second-order valence-corrected chi connectivity index (χ2v) is 6.35. The number of carbonyl (C=O) groups is 1. The lowest BCUT2D eigenvalue weighted by Gasteiger charge is -2.19. The molecular weight excluding hydrogens is 290 g/mol. The van der Waals surface area contributed by atoms with Gasteiger partial charge in [0.1, 0.15) is 5.60 Å². The van der Waals surface area contributed by atoms with Crippen LogP contribution in [0.15, 0.2) is 42.6 Å². The van der Waals surface area contributed by atoms with E-state index in [0.29, 0.717) is 5.69 Å². The van der Waals surface area contributed by atoms with E-state index in [1.807, 2.05) is 51.1 Å². The van der Waals surface area contributed by atoms with E-state index in [0.717, 1.165) is 18.8 Å². The third-order valence-corrected chi connectivity index (χ3v) is 3.25. The fourth-order valence-corrected chi connectivity index (χ4v) is 2.24. The lowest BCUT2D eigenvalue weighted by molar-refractivity contribution is 0.0636. The number of aryl methyl sites for hydroxylation is 1. The van der Waals surface area contributed by atoms with Gasteiger partial charge in [0.05, 0.1) is 6.54 Å². The van der Waals surface area contributed by atoms with Crippen molar-refractivity contribution in [3.05, 3.63) is 48.3 Å². The van der Waals surface area contributed by atoms with Crippen molar-refractivity contribution in [2.45, 2.75) is 46.4 Å². The minimum Gasteiger partial charge on any atom is -0.444 e. The molecule has 1 heterocycles. The summed E-state index contributed by atoms with van der Waals surface area (Å²) in [6.45, 7) is 9.32. The number of nitrogens with one attached hydrogen (secondary N) is 2. The molecule has 0 radical (unpaired) electrons. The van der Waals surface area contributed by atoms with Crippen LogP contribution < -0.4 is 10.6 Å². The van der Waals surface area contributed by atoms with E-state index in [1.165, 1.54) is 5.69 Å². The largest absolute Gasteiger partial charge is 0.444 e. The van der Waals surface area contributed by atoms with Crippen molar-refractivity contribution in [1.82, 2.24) is 4.57 Å². The summed E-state index contributed by atoms with van der Waals surface area (Å²) < 4.78 is 7.45. The summed E-state index contributed by atoms with van der Waals surface area (Å²) in [5, 5.41) is 6.12. The second kappa shape index (κ2) is 7.22. The molecule has 0 spiro atoms. The molecule has 1 amide bonds. The van der Waals surface area contributed by atoms with Gasteiger partial charge in [0.25, 0.3) is 0 Å². The van der Waals surface area contributed by atoms with Crippen molar-refractivity contribution in [3.8, 4) is 0 Å². The standard InChI is InChI=1S/C18H25N3O2/c1-5-21-11-7-10-16(21)13-19-14-8-6-9-15(12-14)20-17(22)23-18(2,3)4/h6-12,19H,5,13H2,1-4H3,(H,20,22). The van der Waals surface area contributed by atoms with Gasteiger partial charge in [0, 0.05) is 29.8 Å². The average molecular weight is 315 g/mol. The zero-order valence-electron chi connectivity index (χ0n) is 14.2. The van der Waals surface area contributed by atoms with Gasteiger partial charge >= 0.3 is 6.09 Å². The fraction of sp³-hybridized carbons (Fsp3) is 0.389. The number of ether oxygens (including phenoxy) is 1. The first-order valence-corrected chi connectivity index (χ1v) is 7.85. The third kappa shape index (κ3) is 5.36. The van der Waals surface area contributed by atoms with Gasteiger partial charge in [0.15, 0.2) is 0 Å².